The second kappa shape index (κ2) is 6.73. The first-order valence-electron chi connectivity index (χ1n) is 6.85. The highest BCUT2D eigenvalue weighted by atomic mass is 35.5. The lowest BCUT2D eigenvalue weighted by Crippen LogP contribution is -2.28. The Morgan fingerprint density at radius 1 is 1.05 bits per heavy atom. The Morgan fingerprint density at radius 2 is 1.86 bits per heavy atom. The number of hydrogen-bond donors (Lipinski definition) is 2. The lowest BCUT2D eigenvalue weighted by molar-refractivity contribution is 0.882. The fourth-order valence-corrected chi connectivity index (χ4v) is 2.53. The average Bonchev–Trinajstić information content (AvgIpc) is 2.54. The maximum absolute atomic E-state index is 6.07. The standard InChI is InChI=1S/C17H14ClN3S/c18-15-6-3-9-19-16(15)11-20-17(22)21-14-8-7-12-4-1-2-5-13(12)10-14/h1-10H,11H2,(H2,20,21,22). The average molecular weight is 328 g/mol. The number of rotatable bonds is 3. The van der Waals surface area contributed by atoms with Crippen molar-refractivity contribution in [2.45, 2.75) is 6.54 Å². The van der Waals surface area contributed by atoms with Gasteiger partial charge in [-0.2, -0.15) is 0 Å². The van der Waals surface area contributed by atoms with Crippen LogP contribution in [-0.4, -0.2) is 10.1 Å². The van der Waals surface area contributed by atoms with Gasteiger partial charge >= 0.3 is 0 Å². The number of anilines is 1. The Morgan fingerprint density at radius 3 is 2.68 bits per heavy atom. The van der Waals surface area contributed by atoms with Gasteiger partial charge in [-0.25, -0.2) is 0 Å². The highest BCUT2D eigenvalue weighted by Gasteiger charge is 2.03. The van der Waals surface area contributed by atoms with Gasteiger partial charge in [-0.3, -0.25) is 4.98 Å². The van der Waals surface area contributed by atoms with Gasteiger partial charge in [0.25, 0.3) is 0 Å². The lowest BCUT2D eigenvalue weighted by atomic mass is 10.1. The molecule has 1 aromatic heterocycles. The van der Waals surface area contributed by atoms with Crippen molar-refractivity contribution in [2.75, 3.05) is 5.32 Å². The van der Waals surface area contributed by atoms with E-state index in [-0.39, 0.29) is 0 Å². The molecular weight excluding hydrogens is 314 g/mol. The number of pyridine rings is 1. The number of benzene rings is 2. The Balaban J connectivity index is 1.64. The first-order valence-corrected chi connectivity index (χ1v) is 7.64. The van der Waals surface area contributed by atoms with Crippen LogP contribution in [-0.2, 0) is 6.54 Å². The summed E-state index contributed by atoms with van der Waals surface area (Å²) in [7, 11) is 0. The highest BCUT2D eigenvalue weighted by molar-refractivity contribution is 7.80. The molecule has 3 nitrogen and oxygen atoms in total. The summed E-state index contributed by atoms with van der Waals surface area (Å²) in [5, 5.41) is 9.82. The number of aromatic nitrogens is 1. The first kappa shape index (κ1) is 14.8. The third-order valence-corrected chi connectivity index (χ3v) is 3.85. The first-order chi connectivity index (χ1) is 10.7. The molecule has 3 rings (SSSR count). The molecule has 0 radical (unpaired) electrons. The largest absolute Gasteiger partial charge is 0.357 e. The van der Waals surface area contributed by atoms with Gasteiger partial charge in [0.15, 0.2) is 5.11 Å². The molecule has 0 spiro atoms. The fourth-order valence-electron chi connectivity index (χ4n) is 2.15. The molecule has 0 fully saturated rings. The van der Waals surface area contributed by atoms with Crippen molar-refractivity contribution < 1.29 is 0 Å². The van der Waals surface area contributed by atoms with Gasteiger partial charge in [-0.15, -0.1) is 0 Å². The van der Waals surface area contributed by atoms with Gasteiger partial charge in [0.05, 0.1) is 17.3 Å². The molecule has 0 atom stereocenters. The summed E-state index contributed by atoms with van der Waals surface area (Å²) < 4.78 is 0. The summed E-state index contributed by atoms with van der Waals surface area (Å²) in [6.45, 7) is 0.485. The minimum Gasteiger partial charge on any atom is -0.357 e. The monoisotopic (exact) mass is 327 g/mol. The van der Waals surface area contributed by atoms with Crippen LogP contribution in [0.1, 0.15) is 5.69 Å². The summed E-state index contributed by atoms with van der Waals surface area (Å²) in [5.74, 6) is 0. The molecule has 2 N–H and O–H groups in total. The molecule has 0 aliphatic heterocycles. The molecule has 0 unspecified atom stereocenters. The van der Waals surface area contributed by atoms with Crippen molar-refractivity contribution in [3.05, 3.63) is 71.5 Å². The third-order valence-electron chi connectivity index (χ3n) is 3.26. The van der Waals surface area contributed by atoms with Crippen LogP contribution in [0.25, 0.3) is 10.8 Å². The van der Waals surface area contributed by atoms with Crippen molar-refractivity contribution in [1.29, 1.82) is 0 Å². The third kappa shape index (κ3) is 3.53. The second-order valence-corrected chi connectivity index (χ2v) is 5.62. The van der Waals surface area contributed by atoms with Gasteiger partial charge in [0, 0.05) is 11.9 Å². The Hall–Kier alpha value is -2.17. The molecule has 0 aliphatic carbocycles. The van der Waals surface area contributed by atoms with E-state index in [2.05, 4.69) is 39.9 Å². The van der Waals surface area contributed by atoms with Gasteiger partial charge in [-0.05, 0) is 47.3 Å². The van der Waals surface area contributed by atoms with Crippen molar-refractivity contribution in [2.24, 2.45) is 0 Å². The van der Waals surface area contributed by atoms with Gasteiger partial charge < -0.3 is 10.6 Å². The normalized spacial score (nSPS) is 10.4. The summed E-state index contributed by atoms with van der Waals surface area (Å²) in [5.41, 5.74) is 1.72. The Bertz CT molecular complexity index is 820. The molecule has 0 saturated heterocycles. The SMILES string of the molecule is S=C(NCc1ncccc1Cl)Nc1ccc2ccccc2c1. The zero-order valence-corrected chi connectivity index (χ0v) is 13.3. The molecule has 1 heterocycles. The van der Waals surface area contributed by atoms with Crippen molar-refractivity contribution in [1.82, 2.24) is 10.3 Å². The molecule has 22 heavy (non-hydrogen) atoms. The van der Waals surface area contributed by atoms with Crippen LogP contribution < -0.4 is 10.6 Å². The minimum atomic E-state index is 0.485. The van der Waals surface area contributed by atoms with E-state index in [9.17, 15) is 0 Å². The number of halogens is 1. The van der Waals surface area contributed by atoms with Crippen LogP contribution in [0, 0.1) is 0 Å². The summed E-state index contributed by atoms with van der Waals surface area (Å²) in [6, 6.07) is 18.0. The van der Waals surface area contributed by atoms with Crippen LogP contribution in [0.3, 0.4) is 0 Å². The van der Waals surface area contributed by atoms with Gasteiger partial charge in [-0.1, -0.05) is 41.9 Å². The van der Waals surface area contributed by atoms with Crippen molar-refractivity contribution in [3.8, 4) is 0 Å². The van der Waals surface area contributed by atoms with E-state index in [0.717, 1.165) is 11.4 Å². The van der Waals surface area contributed by atoms with Crippen molar-refractivity contribution in [3.63, 3.8) is 0 Å². The van der Waals surface area contributed by atoms with Crippen LogP contribution in [0.2, 0.25) is 5.02 Å². The van der Waals surface area contributed by atoms with Crippen LogP contribution in [0.5, 0.6) is 0 Å². The molecule has 3 aromatic rings. The van der Waals surface area contributed by atoms with E-state index < -0.39 is 0 Å². The number of nitrogens with zero attached hydrogens (tertiary/aromatic N) is 1. The number of hydrogen-bond acceptors (Lipinski definition) is 2. The lowest BCUT2D eigenvalue weighted by Gasteiger charge is -2.11. The molecule has 5 heteroatoms. The summed E-state index contributed by atoms with van der Waals surface area (Å²) in [6.07, 6.45) is 1.71. The molecule has 0 aliphatic rings. The molecule has 2 aromatic carbocycles. The number of thiocarbonyl (C=S) groups is 1. The minimum absolute atomic E-state index is 0.485. The van der Waals surface area contributed by atoms with E-state index in [4.69, 9.17) is 23.8 Å². The number of nitrogens with one attached hydrogen (secondary N) is 2. The quantitative estimate of drug-likeness (QED) is 0.700. The maximum atomic E-state index is 6.07. The Labute approximate surface area is 139 Å². The van der Waals surface area contributed by atoms with E-state index in [1.807, 2.05) is 24.3 Å². The van der Waals surface area contributed by atoms with Crippen LogP contribution in [0.4, 0.5) is 5.69 Å². The van der Waals surface area contributed by atoms with Crippen LogP contribution in [0.15, 0.2) is 60.8 Å². The zero-order chi connectivity index (χ0) is 15.4. The predicted molar refractivity (Wildman–Crippen MR) is 96.3 cm³/mol. The highest BCUT2D eigenvalue weighted by Crippen LogP contribution is 2.18. The van der Waals surface area contributed by atoms with Crippen LogP contribution >= 0.6 is 23.8 Å². The summed E-state index contributed by atoms with van der Waals surface area (Å²) in [4.78, 5) is 4.22. The molecular formula is C17H14ClN3S. The van der Waals surface area contributed by atoms with E-state index in [1.165, 1.54) is 10.8 Å². The fraction of sp³-hybridized carbons (Fsp3) is 0.0588. The Kier molecular flexibility index (Phi) is 4.51. The van der Waals surface area contributed by atoms with E-state index in [0.29, 0.717) is 16.7 Å². The zero-order valence-electron chi connectivity index (χ0n) is 11.7. The smallest absolute Gasteiger partial charge is 0.171 e. The number of fused-ring (bicyclic) bond motifs is 1. The van der Waals surface area contributed by atoms with Crippen molar-refractivity contribution >= 4 is 45.4 Å². The van der Waals surface area contributed by atoms with Gasteiger partial charge in [0.2, 0.25) is 0 Å². The molecule has 110 valence electrons. The van der Waals surface area contributed by atoms with Gasteiger partial charge in [0.1, 0.15) is 0 Å². The summed E-state index contributed by atoms with van der Waals surface area (Å²) >= 11 is 11.4. The second-order valence-electron chi connectivity index (χ2n) is 4.80. The van der Waals surface area contributed by atoms with E-state index >= 15 is 0 Å². The molecule has 0 amide bonds. The maximum Gasteiger partial charge on any atom is 0.171 e. The molecule has 0 saturated carbocycles. The molecule has 0 bridgehead atoms. The topological polar surface area (TPSA) is 37.0 Å². The van der Waals surface area contributed by atoms with E-state index in [1.54, 1.807) is 12.3 Å². The predicted octanol–water partition coefficient (Wildman–Crippen LogP) is 4.37.